The molecule has 3 aromatic rings. The van der Waals surface area contributed by atoms with Crippen molar-refractivity contribution in [1.82, 2.24) is 10.2 Å². The molecule has 0 fully saturated rings. The molecular weight excluding hydrogens is 340 g/mol. The summed E-state index contributed by atoms with van der Waals surface area (Å²) in [5.74, 6) is 1.18. The van der Waals surface area contributed by atoms with Crippen LogP contribution >= 0.6 is 0 Å². The van der Waals surface area contributed by atoms with Gasteiger partial charge in [-0.25, -0.2) is 8.42 Å². The number of fused-ring (bicyclic) bond motifs is 1. The summed E-state index contributed by atoms with van der Waals surface area (Å²) in [6.45, 7) is 1.63. The first-order chi connectivity index (χ1) is 12.0. The van der Waals surface area contributed by atoms with Crippen molar-refractivity contribution in [2.24, 2.45) is 0 Å². The lowest BCUT2D eigenvalue weighted by atomic mass is 10.0. The molecule has 0 atom stereocenters. The number of nitrogens with zero attached hydrogens (tertiary/aromatic N) is 2. The van der Waals surface area contributed by atoms with Gasteiger partial charge in [-0.05, 0) is 23.8 Å². The van der Waals surface area contributed by atoms with Crippen molar-refractivity contribution in [3.8, 4) is 22.6 Å². The Morgan fingerprint density at radius 3 is 2.44 bits per heavy atom. The van der Waals surface area contributed by atoms with Crippen molar-refractivity contribution in [2.45, 2.75) is 11.8 Å². The van der Waals surface area contributed by atoms with Crippen LogP contribution in [0.2, 0.25) is 0 Å². The fourth-order valence-electron chi connectivity index (χ4n) is 2.64. The Morgan fingerprint density at radius 1 is 1.04 bits per heavy atom. The lowest BCUT2D eigenvalue weighted by Crippen LogP contribution is -2.03. The maximum Gasteiger partial charge on any atom is 0.178 e. The van der Waals surface area contributed by atoms with Crippen molar-refractivity contribution < 1.29 is 17.9 Å². The second-order valence-electron chi connectivity index (χ2n) is 5.41. The Morgan fingerprint density at radius 2 is 1.76 bits per heavy atom. The third kappa shape index (κ3) is 3.15. The Bertz CT molecular complexity index is 1030. The molecule has 0 aliphatic rings. The maximum absolute atomic E-state index is 12.2. The number of sulfone groups is 1. The highest BCUT2D eigenvalue weighted by molar-refractivity contribution is 7.91. The predicted octanol–water partition coefficient (Wildman–Crippen LogP) is 3.11. The molecular formula is C18H18N2O4S. The Labute approximate surface area is 146 Å². The summed E-state index contributed by atoms with van der Waals surface area (Å²) < 4.78 is 35.0. The van der Waals surface area contributed by atoms with Crippen LogP contribution < -0.4 is 9.47 Å². The van der Waals surface area contributed by atoms with Crippen molar-refractivity contribution in [3.05, 3.63) is 42.6 Å². The first kappa shape index (κ1) is 17.2. The van der Waals surface area contributed by atoms with Crippen LogP contribution in [0.25, 0.3) is 22.0 Å². The largest absolute Gasteiger partial charge is 0.493 e. The normalized spacial score (nSPS) is 11.5. The fraction of sp³-hybridized carbons (Fsp3) is 0.222. The zero-order valence-corrected chi connectivity index (χ0v) is 15.0. The fourth-order valence-corrected chi connectivity index (χ4v) is 3.56. The molecule has 3 rings (SSSR count). The van der Waals surface area contributed by atoms with Gasteiger partial charge >= 0.3 is 0 Å². The van der Waals surface area contributed by atoms with Crippen LogP contribution in [0.3, 0.4) is 0 Å². The molecule has 0 saturated heterocycles. The number of rotatable bonds is 5. The highest BCUT2D eigenvalue weighted by Gasteiger charge is 2.15. The van der Waals surface area contributed by atoms with Gasteiger partial charge in [-0.3, -0.25) is 0 Å². The molecule has 7 heteroatoms. The summed E-state index contributed by atoms with van der Waals surface area (Å²) in [4.78, 5) is 0.290. The van der Waals surface area contributed by atoms with Gasteiger partial charge in [0, 0.05) is 17.0 Å². The standard InChI is InChI=1S/C18H18N2O4S/c1-4-25(21,22)13-7-5-6-12(8-13)15-11-19-20-16-10-18(24-3)17(23-2)9-14(15)16/h5-11H,4H2,1-3H3. The summed E-state index contributed by atoms with van der Waals surface area (Å²) in [5.41, 5.74) is 2.17. The monoisotopic (exact) mass is 358 g/mol. The smallest absolute Gasteiger partial charge is 0.178 e. The molecule has 0 spiro atoms. The SMILES string of the molecule is CCS(=O)(=O)c1cccc(-c2cnnc3cc(OC)c(OC)cc23)c1. The first-order valence-corrected chi connectivity index (χ1v) is 9.36. The summed E-state index contributed by atoms with van der Waals surface area (Å²) in [6, 6.07) is 10.4. The molecule has 1 aromatic heterocycles. The molecule has 0 saturated carbocycles. The van der Waals surface area contributed by atoms with Gasteiger partial charge < -0.3 is 9.47 Å². The number of hydrogen-bond donors (Lipinski definition) is 0. The van der Waals surface area contributed by atoms with Gasteiger partial charge in [-0.15, -0.1) is 0 Å². The number of hydrogen-bond acceptors (Lipinski definition) is 6. The molecule has 6 nitrogen and oxygen atoms in total. The third-order valence-corrected chi connectivity index (χ3v) is 5.76. The topological polar surface area (TPSA) is 78.4 Å². The van der Waals surface area contributed by atoms with Crippen LogP contribution in [0, 0.1) is 0 Å². The third-order valence-electron chi connectivity index (χ3n) is 4.03. The minimum atomic E-state index is -3.29. The Hall–Kier alpha value is -2.67. The summed E-state index contributed by atoms with van der Waals surface area (Å²) in [5, 5.41) is 8.98. The van der Waals surface area contributed by atoms with Gasteiger partial charge in [0.25, 0.3) is 0 Å². The first-order valence-electron chi connectivity index (χ1n) is 7.70. The van der Waals surface area contributed by atoms with Gasteiger partial charge in [0.1, 0.15) is 0 Å². The van der Waals surface area contributed by atoms with E-state index < -0.39 is 9.84 Å². The highest BCUT2D eigenvalue weighted by atomic mass is 32.2. The van der Waals surface area contributed by atoms with E-state index >= 15 is 0 Å². The van der Waals surface area contributed by atoms with E-state index in [1.54, 1.807) is 51.6 Å². The minimum Gasteiger partial charge on any atom is -0.493 e. The van der Waals surface area contributed by atoms with Crippen LogP contribution in [0.15, 0.2) is 47.5 Å². The van der Waals surface area contributed by atoms with Crippen LogP contribution in [0.5, 0.6) is 11.5 Å². The number of ether oxygens (including phenoxy) is 2. The Balaban J connectivity index is 2.24. The molecule has 0 amide bonds. The molecule has 0 unspecified atom stereocenters. The molecule has 0 N–H and O–H groups in total. The van der Waals surface area contributed by atoms with Gasteiger partial charge in [0.05, 0.1) is 36.6 Å². The summed E-state index contributed by atoms with van der Waals surface area (Å²) >= 11 is 0. The van der Waals surface area contributed by atoms with Crippen LogP contribution in [0.1, 0.15) is 6.92 Å². The van der Waals surface area contributed by atoms with Gasteiger partial charge in [0.2, 0.25) is 0 Å². The van der Waals surface area contributed by atoms with Crippen molar-refractivity contribution in [2.75, 3.05) is 20.0 Å². The molecule has 0 aliphatic carbocycles. The number of methoxy groups -OCH3 is 2. The quantitative estimate of drug-likeness (QED) is 0.697. The molecule has 1 heterocycles. The van der Waals surface area contributed by atoms with Gasteiger partial charge in [0.15, 0.2) is 21.3 Å². The van der Waals surface area contributed by atoms with E-state index in [9.17, 15) is 8.42 Å². The second-order valence-corrected chi connectivity index (χ2v) is 7.69. The second kappa shape index (κ2) is 6.68. The van der Waals surface area contributed by atoms with Gasteiger partial charge in [-0.2, -0.15) is 10.2 Å². The van der Waals surface area contributed by atoms with Crippen molar-refractivity contribution in [1.29, 1.82) is 0 Å². The van der Waals surface area contributed by atoms with E-state index in [0.717, 1.165) is 16.5 Å². The van der Waals surface area contributed by atoms with E-state index in [0.29, 0.717) is 17.0 Å². The van der Waals surface area contributed by atoms with E-state index in [4.69, 9.17) is 9.47 Å². The van der Waals surface area contributed by atoms with Crippen LogP contribution in [-0.4, -0.2) is 38.6 Å². The molecule has 0 aliphatic heterocycles. The minimum absolute atomic E-state index is 0.0524. The zero-order valence-electron chi connectivity index (χ0n) is 14.2. The average molecular weight is 358 g/mol. The summed E-state index contributed by atoms with van der Waals surface area (Å²) in [7, 11) is -0.169. The van der Waals surface area contributed by atoms with Crippen molar-refractivity contribution in [3.63, 3.8) is 0 Å². The van der Waals surface area contributed by atoms with Gasteiger partial charge in [-0.1, -0.05) is 19.1 Å². The van der Waals surface area contributed by atoms with Crippen LogP contribution in [-0.2, 0) is 9.84 Å². The average Bonchev–Trinajstić information content (AvgIpc) is 2.66. The summed E-state index contributed by atoms with van der Waals surface area (Å²) in [6.07, 6.45) is 1.62. The Kier molecular flexibility index (Phi) is 4.59. The van der Waals surface area contributed by atoms with Crippen LogP contribution in [0.4, 0.5) is 0 Å². The van der Waals surface area contributed by atoms with E-state index in [1.165, 1.54) is 0 Å². The predicted molar refractivity (Wildman–Crippen MR) is 95.8 cm³/mol. The molecule has 130 valence electrons. The highest BCUT2D eigenvalue weighted by Crippen LogP contribution is 2.36. The molecule has 2 aromatic carbocycles. The lowest BCUT2D eigenvalue weighted by Gasteiger charge is -2.11. The zero-order chi connectivity index (χ0) is 18.0. The van der Waals surface area contributed by atoms with Crippen molar-refractivity contribution >= 4 is 20.7 Å². The molecule has 0 radical (unpaired) electrons. The lowest BCUT2D eigenvalue weighted by molar-refractivity contribution is 0.356. The maximum atomic E-state index is 12.2. The van der Waals surface area contributed by atoms with E-state index in [-0.39, 0.29) is 10.6 Å². The molecule has 25 heavy (non-hydrogen) atoms. The number of aromatic nitrogens is 2. The van der Waals surface area contributed by atoms with E-state index in [2.05, 4.69) is 10.2 Å². The number of benzene rings is 2. The molecule has 0 bridgehead atoms. The van der Waals surface area contributed by atoms with E-state index in [1.807, 2.05) is 12.1 Å².